The Morgan fingerprint density at radius 2 is 1.33 bits per heavy atom. The summed E-state index contributed by atoms with van der Waals surface area (Å²) in [7, 11) is 0. The fourth-order valence-corrected chi connectivity index (χ4v) is 2.14. The molecule has 0 aliphatic carbocycles. The number of quaternary nitrogens is 1. The highest BCUT2D eigenvalue weighted by molar-refractivity contribution is 5.43. The number of rotatable bonds is 4. The van der Waals surface area contributed by atoms with Crippen LogP contribution in [0.5, 0.6) is 0 Å². The molecule has 2 aromatic rings. The Hall–Kier alpha value is -2.08. The minimum Gasteiger partial charge on any atom is -0.633 e. The van der Waals surface area contributed by atoms with Gasteiger partial charge in [-0.25, -0.2) is 0 Å². The van der Waals surface area contributed by atoms with E-state index in [4.69, 9.17) is 0 Å². The molecule has 0 aromatic heterocycles. The fourth-order valence-electron chi connectivity index (χ4n) is 2.14. The van der Waals surface area contributed by atoms with Gasteiger partial charge >= 0.3 is 0 Å². The standard InChI is InChI=1S/C19H21NO/c1-3-20(21,4-2)16-19-14-12-18(13-15-19)11-10-17-8-6-5-7-9-17/h5-9,12-15H,3-4,16H2,1-2H3. The highest BCUT2D eigenvalue weighted by Gasteiger charge is 2.11. The molecule has 0 saturated heterocycles. The van der Waals surface area contributed by atoms with Crippen LogP contribution in [0.1, 0.15) is 30.5 Å². The normalized spacial score (nSPS) is 10.8. The van der Waals surface area contributed by atoms with E-state index < -0.39 is 0 Å². The third-order valence-corrected chi connectivity index (χ3v) is 3.70. The van der Waals surface area contributed by atoms with E-state index in [1.54, 1.807) is 0 Å². The van der Waals surface area contributed by atoms with Gasteiger partial charge in [0, 0.05) is 16.7 Å². The van der Waals surface area contributed by atoms with Crippen LogP contribution in [0.4, 0.5) is 0 Å². The summed E-state index contributed by atoms with van der Waals surface area (Å²) < 4.78 is -0.172. The summed E-state index contributed by atoms with van der Waals surface area (Å²) in [4.78, 5) is 0. The second-order valence-electron chi connectivity index (χ2n) is 5.16. The van der Waals surface area contributed by atoms with Crippen LogP contribution in [0.2, 0.25) is 0 Å². The van der Waals surface area contributed by atoms with Crippen molar-refractivity contribution < 1.29 is 4.65 Å². The Morgan fingerprint density at radius 1 is 0.810 bits per heavy atom. The number of hydrogen-bond donors (Lipinski definition) is 0. The molecule has 0 heterocycles. The molecule has 2 heteroatoms. The number of benzene rings is 2. The van der Waals surface area contributed by atoms with Crippen LogP contribution in [0.15, 0.2) is 54.6 Å². The van der Waals surface area contributed by atoms with E-state index in [0.717, 1.165) is 16.7 Å². The molecule has 21 heavy (non-hydrogen) atoms. The molecule has 2 rings (SSSR count). The predicted molar refractivity (Wildman–Crippen MR) is 87.3 cm³/mol. The van der Waals surface area contributed by atoms with Gasteiger partial charge in [-0.2, -0.15) is 0 Å². The van der Waals surface area contributed by atoms with Gasteiger partial charge in [-0.05, 0) is 38.1 Å². The molecule has 0 aliphatic rings. The summed E-state index contributed by atoms with van der Waals surface area (Å²) in [6.45, 7) is 5.62. The average Bonchev–Trinajstić information content (AvgIpc) is 2.55. The summed E-state index contributed by atoms with van der Waals surface area (Å²) >= 11 is 0. The van der Waals surface area contributed by atoms with Crippen molar-refractivity contribution in [2.24, 2.45) is 0 Å². The van der Waals surface area contributed by atoms with E-state index >= 15 is 0 Å². The molecule has 0 spiro atoms. The summed E-state index contributed by atoms with van der Waals surface area (Å²) in [6.07, 6.45) is 0. The first kappa shape index (κ1) is 15.3. The molecule has 0 amide bonds. The second-order valence-corrected chi connectivity index (χ2v) is 5.16. The molecular weight excluding hydrogens is 258 g/mol. The third-order valence-electron chi connectivity index (χ3n) is 3.70. The van der Waals surface area contributed by atoms with Gasteiger partial charge in [0.1, 0.15) is 6.54 Å². The molecule has 0 atom stereocenters. The lowest BCUT2D eigenvalue weighted by Crippen LogP contribution is -2.40. The molecule has 0 fully saturated rings. The number of hydroxylamine groups is 3. The van der Waals surface area contributed by atoms with Crippen molar-refractivity contribution >= 4 is 0 Å². The van der Waals surface area contributed by atoms with Gasteiger partial charge in [0.25, 0.3) is 0 Å². The zero-order valence-corrected chi connectivity index (χ0v) is 12.7. The van der Waals surface area contributed by atoms with E-state index in [0.29, 0.717) is 19.6 Å². The highest BCUT2D eigenvalue weighted by atomic mass is 16.5. The Bertz CT molecular complexity index is 616. The van der Waals surface area contributed by atoms with Gasteiger partial charge < -0.3 is 9.85 Å². The van der Waals surface area contributed by atoms with Crippen LogP contribution in [0.25, 0.3) is 0 Å². The molecule has 0 radical (unpaired) electrons. The second kappa shape index (κ2) is 7.08. The van der Waals surface area contributed by atoms with Gasteiger partial charge in [0.05, 0.1) is 13.1 Å². The summed E-state index contributed by atoms with van der Waals surface area (Å²) in [5.74, 6) is 6.28. The van der Waals surface area contributed by atoms with Crippen LogP contribution in [0, 0.1) is 17.0 Å². The fraction of sp³-hybridized carbons (Fsp3) is 0.263. The van der Waals surface area contributed by atoms with Crippen molar-refractivity contribution in [2.75, 3.05) is 13.1 Å². The Balaban J connectivity index is 2.08. The van der Waals surface area contributed by atoms with Gasteiger partial charge in [-0.3, -0.25) is 0 Å². The van der Waals surface area contributed by atoms with Crippen LogP contribution in [-0.4, -0.2) is 17.7 Å². The van der Waals surface area contributed by atoms with Gasteiger partial charge in [-0.1, -0.05) is 42.2 Å². The van der Waals surface area contributed by atoms with E-state index in [-0.39, 0.29) is 4.65 Å². The lowest BCUT2D eigenvalue weighted by molar-refractivity contribution is -0.890. The molecule has 0 unspecified atom stereocenters. The van der Waals surface area contributed by atoms with Crippen molar-refractivity contribution in [3.8, 4) is 11.8 Å². The molecule has 0 aliphatic heterocycles. The Kier molecular flexibility index (Phi) is 5.16. The van der Waals surface area contributed by atoms with Crippen LogP contribution in [0.3, 0.4) is 0 Å². The van der Waals surface area contributed by atoms with Crippen molar-refractivity contribution in [2.45, 2.75) is 20.4 Å². The van der Waals surface area contributed by atoms with Crippen molar-refractivity contribution in [1.82, 2.24) is 0 Å². The largest absolute Gasteiger partial charge is 0.633 e. The Morgan fingerprint density at radius 3 is 1.86 bits per heavy atom. The maximum absolute atomic E-state index is 12.3. The van der Waals surface area contributed by atoms with Crippen molar-refractivity contribution in [3.05, 3.63) is 76.5 Å². The summed E-state index contributed by atoms with van der Waals surface area (Å²) in [5.41, 5.74) is 3.05. The molecule has 0 N–H and O–H groups in total. The first-order valence-electron chi connectivity index (χ1n) is 7.38. The first-order chi connectivity index (χ1) is 10.1. The maximum atomic E-state index is 12.3. The van der Waals surface area contributed by atoms with Crippen molar-refractivity contribution in [3.63, 3.8) is 0 Å². The van der Waals surface area contributed by atoms with Gasteiger partial charge in [0.2, 0.25) is 0 Å². The first-order valence-corrected chi connectivity index (χ1v) is 7.38. The summed E-state index contributed by atoms with van der Waals surface area (Å²) in [6, 6.07) is 17.9. The Labute approximate surface area is 127 Å². The van der Waals surface area contributed by atoms with E-state index in [9.17, 15) is 5.21 Å². The summed E-state index contributed by atoms with van der Waals surface area (Å²) in [5, 5.41) is 12.3. The topological polar surface area (TPSA) is 23.1 Å². The highest BCUT2D eigenvalue weighted by Crippen LogP contribution is 2.13. The molecule has 2 nitrogen and oxygen atoms in total. The number of hydrogen-bond acceptors (Lipinski definition) is 1. The molecule has 0 bridgehead atoms. The maximum Gasteiger partial charge on any atom is 0.104 e. The SMILES string of the molecule is CC[N+]([O-])(CC)Cc1ccc(C#Cc2ccccc2)cc1. The zero-order chi connectivity index (χ0) is 15.1. The lowest BCUT2D eigenvalue weighted by atomic mass is 10.1. The average molecular weight is 279 g/mol. The number of nitrogens with zero attached hydrogens (tertiary/aromatic N) is 1. The minimum absolute atomic E-state index is 0.172. The van der Waals surface area contributed by atoms with Gasteiger partial charge in [-0.15, -0.1) is 0 Å². The monoisotopic (exact) mass is 279 g/mol. The molecule has 2 aromatic carbocycles. The van der Waals surface area contributed by atoms with Gasteiger partial charge in [0.15, 0.2) is 0 Å². The van der Waals surface area contributed by atoms with Crippen LogP contribution < -0.4 is 0 Å². The van der Waals surface area contributed by atoms with E-state index in [1.165, 1.54) is 0 Å². The minimum atomic E-state index is -0.172. The lowest BCUT2D eigenvalue weighted by Gasteiger charge is -2.41. The predicted octanol–water partition coefficient (Wildman–Crippen LogP) is 3.94. The van der Waals surface area contributed by atoms with Crippen molar-refractivity contribution in [1.29, 1.82) is 0 Å². The van der Waals surface area contributed by atoms with Crippen LogP contribution >= 0.6 is 0 Å². The van der Waals surface area contributed by atoms with E-state index in [2.05, 4.69) is 11.8 Å². The molecule has 0 saturated carbocycles. The molecule has 108 valence electrons. The quantitative estimate of drug-likeness (QED) is 0.472. The third kappa shape index (κ3) is 4.46. The zero-order valence-electron chi connectivity index (χ0n) is 12.7. The van der Waals surface area contributed by atoms with Crippen LogP contribution in [-0.2, 0) is 6.54 Å². The van der Waals surface area contributed by atoms with E-state index in [1.807, 2.05) is 68.4 Å². The smallest absolute Gasteiger partial charge is 0.104 e. The molecular formula is C19H21NO.